The highest BCUT2D eigenvalue weighted by atomic mass is 19.1. The summed E-state index contributed by atoms with van der Waals surface area (Å²) < 4.78 is 24.3. The van der Waals surface area contributed by atoms with E-state index in [9.17, 15) is 19.3 Å². The number of halogens is 1. The van der Waals surface area contributed by atoms with Gasteiger partial charge >= 0.3 is 0 Å². The number of ether oxygens (including phenoxy) is 2. The van der Waals surface area contributed by atoms with Gasteiger partial charge in [-0.05, 0) is 13.0 Å². The molecule has 1 aliphatic rings. The van der Waals surface area contributed by atoms with E-state index in [0.717, 1.165) is 0 Å². The Labute approximate surface area is 120 Å². The average Bonchev–Trinajstić information content (AvgIpc) is 2.78. The highest BCUT2D eigenvalue weighted by Gasteiger charge is 2.37. The van der Waals surface area contributed by atoms with Crippen molar-refractivity contribution in [3.8, 4) is 0 Å². The fraction of sp³-hybridized carbons (Fsp3) is 0.357. The fourth-order valence-electron chi connectivity index (χ4n) is 2.24. The molecule has 112 valence electrons. The van der Waals surface area contributed by atoms with Gasteiger partial charge in [0.25, 0.3) is 5.95 Å². The topological polar surface area (TPSA) is 78.7 Å². The van der Waals surface area contributed by atoms with Crippen molar-refractivity contribution in [2.24, 2.45) is 0 Å². The zero-order valence-electron chi connectivity index (χ0n) is 11.4. The zero-order valence-corrected chi connectivity index (χ0v) is 11.4. The minimum absolute atomic E-state index is 0.0265. The first kappa shape index (κ1) is 15.0. The smallest absolute Gasteiger partial charge is 0.287 e. The van der Waals surface area contributed by atoms with Gasteiger partial charge in [0.15, 0.2) is 6.61 Å². The molecular weight excluding hydrogens is 281 g/mol. The Balaban J connectivity index is 2.49. The van der Waals surface area contributed by atoms with Gasteiger partial charge in [0.1, 0.15) is 5.82 Å². The van der Waals surface area contributed by atoms with Crippen molar-refractivity contribution >= 4 is 5.78 Å². The van der Waals surface area contributed by atoms with E-state index in [4.69, 9.17) is 9.47 Å². The first-order chi connectivity index (χ1) is 10.0. The van der Waals surface area contributed by atoms with Gasteiger partial charge in [-0.25, -0.2) is 4.39 Å². The van der Waals surface area contributed by atoms with Gasteiger partial charge in [-0.3, -0.25) is 14.9 Å². The van der Waals surface area contributed by atoms with Gasteiger partial charge in [0, 0.05) is 10.5 Å². The molecule has 1 aliphatic heterocycles. The maximum Gasteiger partial charge on any atom is 0.287 e. The van der Waals surface area contributed by atoms with Crippen LogP contribution in [0.5, 0.6) is 0 Å². The molecule has 0 aliphatic carbocycles. The van der Waals surface area contributed by atoms with E-state index in [1.165, 1.54) is 18.2 Å². The Hall–Kier alpha value is -2.44. The highest BCUT2D eigenvalue weighted by Crippen LogP contribution is 2.33. The SMILES string of the molecule is CCOC1=C([C@H](C[N+](=O)[O-])c2ccccc2F)C(=O)CO1. The molecule has 1 atom stereocenters. The molecule has 0 fully saturated rings. The fourth-order valence-corrected chi connectivity index (χ4v) is 2.24. The number of Topliss-reactive ketones (excluding diaryl/α,β-unsaturated/α-hetero) is 1. The Morgan fingerprint density at radius 2 is 2.19 bits per heavy atom. The summed E-state index contributed by atoms with van der Waals surface area (Å²) in [6, 6.07) is 5.66. The van der Waals surface area contributed by atoms with Crippen LogP contribution in [0, 0.1) is 15.9 Å². The van der Waals surface area contributed by atoms with E-state index in [1.807, 2.05) is 0 Å². The van der Waals surface area contributed by atoms with E-state index in [1.54, 1.807) is 13.0 Å². The number of hydrogen-bond acceptors (Lipinski definition) is 5. The first-order valence-corrected chi connectivity index (χ1v) is 6.43. The molecule has 0 radical (unpaired) electrons. The molecule has 1 heterocycles. The van der Waals surface area contributed by atoms with Crippen LogP contribution >= 0.6 is 0 Å². The molecule has 0 N–H and O–H groups in total. The quantitative estimate of drug-likeness (QED) is 0.592. The van der Waals surface area contributed by atoms with Crippen LogP contribution in [0.25, 0.3) is 0 Å². The predicted molar refractivity (Wildman–Crippen MR) is 70.6 cm³/mol. The number of nitro groups is 1. The van der Waals surface area contributed by atoms with E-state index in [-0.39, 0.29) is 30.3 Å². The van der Waals surface area contributed by atoms with E-state index in [2.05, 4.69) is 0 Å². The van der Waals surface area contributed by atoms with Crippen molar-refractivity contribution in [1.29, 1.82) is 0 Å². The minimum Gasteiger partial charge on any atom is -0.465 e. The second-order valence-corrected chi connectivity index (χ2v) is 4.44. The summed E-state index contributed by atoms with van der Waals surface area (Å²) in [5, 5.41) is 10.9. The lowest BCUT2D eigenvalue weighted by Gasteiger charge is -2.15. The highest BCUT2D eigenvalue weighted by molar-refractivity contribution is 5.99. The Morgan fingerprint density at radius 1 is 1.48 bits per heavy atom. The number of rotatable bonds is 6. The Kier molecular flexibility index (Phi) is 4.52. The number of benzene rings is 1. The number of ketones is 1. The normalized spacial score (nSPS) is 15.8. The standard InChI is InChI=1S/C14H14FNO5/c1-2-20-14-13(12(17)8-21-14)10(7-16(18)19)9-5-3-4-6-11(9)15/h3-6,10H,2,7-8H2,1H3/t10-/m1/s1. The van der Waals surface area contributed by atoms with Crippen LogP contribution in [0.15, 0.2) is 35.8 Å². The zero-order chi connectivity index (χ0) is 15.4. The van der Waals surface area contributed by atoms with E-state index >= 15 is 0 Å². The molecule has 1 aromatic rings. The third kappa shape index (κ3) is 3.18. The third-order valence-corrected chi connectivity index (χ3v) is 3.09. The van der Waals surface area contributed by atoms with Crippen molar-refractivity contribution < 1.29 is 23.6 Å². The predicted octanol–water partition coefficient (Wildman–Crippen LogP) is 2.03. The summed E-state index contributed by atoms with van der Waals surface area (Å²) in [7, 11) is 0. The largest absolute Gasteiger partial charge is 0.465 e. The van der Waals surface area contributed by atoms with Crippen molar-refractivity contribution in [2.75, 3.05) is 19.8 Å². The lowest BCUT2D eigenvalue weighted by molar-refractivity contribution is -0.482. The van der Waals surface area contributed by atoms with Crippen LogP contribution in [-0.2, 0) is 14.3 Å². The van der Waals surface area contributed by atoms with Crippen LogP contribution in [0.3, 0.4) is 0 Å². The van der Waals surface area contributed by atoms with E-state index < -0.39 is 29.0 Å². The van der Waals surface area contributed by atoms with Crippen LogP contribution in [0.1, 0.15) is 18.4 Å². The lowest BCUT2D eigenvalue weighted by atomic mass is 9.89. The monoisotopic (exact) mass is 295 g/mol. The molecule has 2 rings (SSSR count). The molecular formula is C14H14FNO5. The van der Waals surface area contributed by atoms with Gasteiger partial charge < -0.3 is 9.47 Å². The minimum atomic E-state index is -1.03. The maximum absolute atomic E-state index is 13.9. The van der Waals surface area contributed by atoms with E-state index in [0.29, 0.717) is 0 Å². The summed E-state index contributed by atoms with van der Waals surface area (Å²) in [5.74, 6) is -2.10. The average molecular weight is 295 g/mol. The van der Waals surface area contributed by atoms with Gasteiger partial charge in [-0.15, -0.1) is 0 Å². The molecule has 0 saturated carbocycles. The second-order valence-electron chi connectivity index (χ2n) is 4.44. The summed E-state index contributed by atoms with van der Waals surface area (Å²) in [6.45, 7) is 1.09. The summed E-state index contributed by atoms with van der Waals surface area (Å²) in [5.41, 5.74) is 0.110. The van der Waals surface area contributed by atoms with Crippen molar-refractivity contribution in [2.45, 2.75) is 12.8 Å². The molecule has 0 spiro atoms. The van der Waals surface area contributed by atoms with Crippen molar-refractivity contribution in [3.05, 3.63) is 57.3 Å². The second kappa shape index (κ2) is 6.34. The lowest BCUT2D eigenvalue weighted by Crippen LogP contribution is -2.20. The molecule has 21 heavy (non-hydrogen) atoms. The first-order valence-electron chi connectivity index (χ1n) is 6.43. The Bertz CT molecular complexity index is 599. The van der Waals surface area contributed by atoms with Gasteiger partial charge in [-0.1, -0.05) is 18.2 Å². The maximum atomic E-state index is 13.9. The van der Waals surface area contributed by atoms with Crippen LogP contribution < -0.4 is 0 Å². The number of carbonyl (C=O) groups is 1. The molecule has 0 bridgehead atoms. The molecule has 0 aromatic heterocycles. The summed E-state index contributed by atoms with van der Waals surface area (Å²) in [4.78, 5) is 22.3. The van der Waals surface area contributed by atoms with Crippen molar-refractivity contribution in [1.82, 2.24) is 0 Å². The van der Waals surface area contributed by atoms with Gasteiger partial charge in [-0.2, -0.15) is 0 Å². The molecule has 1 aromatic carbocycles. The van der Waals surface area contributed by atoms with Gasteiger partial charge in [0.2, 0.25) is 12.3 Å². The molecule has 0 saturated heterocycles. The molecule has 6 nitrogen and oxygen atoms in total. The van der Waals surface area contributed by atoms with Crippen molar-refractivity contribution in [3.63, 3.8) is 0 Å². The Morgan fingerprint density at radius 3 is 2.81 bits per heavy atom. The molecule has 0 unspecified atom stereocenters. The summed E-state index contributed by atoms with van der Waals surface area (Å²) in [6.07, 6.45) is 0. The van der Waals surface area contributed by atoms with Crippen LogP contribution in [0.2, 0.25) is 0 Å². The summed E-state index contributed by atoms with van der Waals surface area (Å²) >= 11 is 0. The van der Waals surface area contributed by atoms with Crippen LogP contribution in [0.4, 0.5) is 4.39 Å². The molecule has 0 amide bonds. The molecule has 7 heteroatoms. The van der Waals surface area contributed by atoms with Gasteiger partial charge in [0.05, 0.1) is 18.1 Å². The number of carbonyl (C=O) groups excluding carboxylic acids is 1. The van der Waals surface area contributed by atoms with Crippen LogP contribution in [-0.4, -0.2) is 30.5 Å². The number of hydrogen-bond donors (Lipinski definition) is 0. The third-order valence-electron chi connectivity index (χ3n) is 3.09. The number of nitrogens with zero attached hydrogens (tertiary/aromatic N) is 1.